The summed E-state index contributed by atoms with van der Waals surface area (Å²) in [5.74, 6) is -0.275. The van der Waals surface area contributed by atoms with E-state index in [0.717, 1.165) is 4.47 Å². The molecule has 0 saturated carbocycles. The van der Waals surface area contributed by atoms with Crippen molar-refractivity contribution in [3.63, 3.8) is 0 Å². The van der Waals surface area contributed by atoms with Crippen LogP contribution in [0.5, 0.6) is 5.75 Å². The van der Waals surface area contributed by atoms with Crippen LogP contribution >= 0.6 is 15.9 Å². The van der Waals surface area contributed by atoms with Crippen LogP contribution in [0, 0.1) is 10.1 Å². The number of nitrogens with zero attached hydrogens (tertiary/aromatic N) is 2. The summed E-state index contributed by atoms with van der Waals surface area (Å²) in [7, 11) is 0. The summed E-state index contributed by atoms with van der Waals surface area (Å²) >= 11 is 3.33. The van der Waals surface area contributed by atoms with Crippen molar-refractivity contribution in [3.8, 4) is 5.75 Å². The number of rotatable bonds is 8. The fourth-order valence-electron chi connectivity index (χ4n) is 2.49. The predicted octanol–water partition coefficient (Wildman–Crippen LogP) is 4.14. The molecular weight excluding hydrogens is 480 g/mol. The second kappa shape index (κ2) is 10.8. The first kappa shape index (κ1) is 22.6. The summed E-state index contributed by atoms with van der Waals surface area (Å²) in [6.07, 6.45) is 1.44. The molecule has 0 heterocycles. The normalized spacial score (nSPS) is 10.5. The van der Waals surface area contributed by atoms with Gasteiger partial charge in [-0.05, 0) is 66.2 Å². The van der Waals surface area contributed by atoms with E-state index in [1.807, 2.05) is 12.1 Å². The fraction of sp³-hybridized carbons (Fsp3) is 0.0455. The van der Waals surface area contributed by atoms with Gasteiger partial charge in [0.1, 0.15) is 5.75 Å². The predicted molar refractivity (Wildman–Crippen MR) is 123 cm³/mol. The number of hydrazone groups is 1. The molecule has 0 spiro atoms. The van der Waals surface area contributed by atoms with Gasteiger partial charge < -0.3 is 10.1 Å². The molecule has 0 aliphatic carbocycles. The molecule has 0 fully saturated rings. The molecule has 0 aliphatic rings. The second-order valence-corrected chi connectivity index (χ2v) is 7.33. The highest BCUT2D eigenvalue weighted by molar-refractivity contribution is 9.10. The number of carbonyl (C=O) groups excluding carboxylic acids is 2. The van der Waals surface area contributed by atoms with Crippen LogP contribution in [0.2, 0.25) is 0 Å². The summed E-state index contributed by atoms with van der Waals surface area (Å²) in [4.78, 5) is 34.1. The van der Waals surface area contributed by atoms with Crippen LogP contribution in [0.1, 0.15) is 15.9 Å². The minimum absolute atomic E-state index is 0.0989. The number of carbonyl (C=O) groups is 2. The van der Waals surface area contributed by atoms with E-state index in [9.17, 15) is 19.7 Å². The number of nitro benzene ring substituents is 1. The van der Waals surface area contributed by atoms with Gasteiger partial charge in [0.25, 0.3) is 17.5 Å². The molecule has 32 heavy (non-hydrogen) atoms. The first-order valence-electron chi connectivity index (χ1n) is 9.27. The van der Waals surface area contributed by atoms with Gasteiger partial charge in [0.15, 0.2) is 6.61 Å². The largest absolute Gasteiger partial charge is 0.484 e. The van der Waals surface area contributed by atoms with E-state index in [1.165, 1.54) is 30.5 Å². The second-order valence-electron chi connectivity index (χ2n) is 6.42. The van der Waals surface area contributed by atoms with Crippen LogP contribution in [0.25, 0.3) is 0 Å². The Morgan fingerprint density at radius 3 is 2.28 bits per heavy atom. The number of hydrogen-bond acceptors (Lipinski definition) is 6. The monoisotopic (exact) mass is 496 g/mol. The van der Waals surface area contributed by atoms with Crippen LogP contribution in [-0.4, -0.2) is 29.6 Å². The highest BCUT2D eigenvalue weighted by Gasteiger charge is 2.08. The van der Waals surface area contributed by atoms with E-state index in [1.54, 1.807) is 36.4 Å². The Morgan fingerprint density at radius 1 is 1.00 bits per heavy atom. The zero-order valence-corrected chi connectivity index (χ0v) is 18.1. The summed E-state index contributed by atoms with van der Waals surface area (Å²) in [6, 6.07) is 19.2. The number of anilines is 1. The third-order valence-corrected chi connectivity index (χ3v) is 4.63. The first-order chi connectivity index (χ1) is 15.4. The topological polar surface area (TPSA) is 123 Å². The molecule has 0 bridgehead atoms. The molecule has 9 nitrogen and oxygen atoms in total. The summed E-state index contributed by atoms with van der Waals surface area (Å²) in [6.45, 7) is -0.144. The number of nitro groups is 1. The molecule has 2 N–H and O–H groups in total. The Balaban J connectivity index is 1.45. The summed E-state index contributed by atoms with van der Waals surface area (Å²) < 4.78 is 6.38. The Labute approximate surface area is 191 Å². The van der Waals surface area contributed by atoms with Crippen molar-refractivity contribution in [1.29, 1.82) is 0 Å². The van der Waals surface area contributed by atoms with Crippen molar-refractivity contribution in [3.05, 3.63) is 98.5 Å². The van der Waals surface area contributed by atoms with Crippen LogP contribution in [0.15, 0.2) is 82.4 Å². The molecule has 0 unspecified atom stereocenters. The molecule has 162 valence electrons. The number of halogens is 1. The number of amides is 2. The molecule has 0 radical (unpaired) electrons. The Kier molecular flexibility index (Phi) is 7.65. The van der Waals surface area contributed by atoms with E-state index in [-0.39, 0.29) is 23.8 Å². The Bertz CT molecular complexity index is 1130. The number of nitrogens with one attached hydrogen (secondary N) is 2. The van der Waals surface area contributed by atoms with Gasteiger partial charge in [0, 0.05) is 27.9 Å². The average molecular weight is 497 g/mol. The van der Waals surface area contributed by atoms with Gasteiger partial charge in [-0.3, -0.25) is 19.7 Å². The highest BCUT2D eigenvalue weighted by atomic mass is 79.9. The highest BCUT2D eigenvalue weighted by Crippen LogP contribution is 2.15. The Hall–Kier alpha value is -4.05. The number of hydrogen-bond donors (Lipinski definition) is 2. The quantitative estimate of drug-likeness (QED) is 0.275. The standard InChI is InChI=1S/C22H17BrN4O5/c23-17-5-7-18(8-6-17)25-21(28)14-32-20-11-1-15(2-12-20)13-24-26-22(29)16-3-9-19(10-4-16)27(30)31/h1-13H,14H2,(H,25,28)(H,26,29)/b24-13-. The van der Waals surface area contributed by atoms with Crippen molar-refractivity contribution in [2.45, 2.75) is 0 Å². The molecule has 3 rings (SSSR count). The van der Waals surface area contributed by atoms with Gasteiger partial charge in [-0.1, -0.05) is 15.9 Å². The lowest BCUT2D eigenvalue weighted by Crippen LogP contribution is -2.20. The van der Waals surface area contributed by atoms with Gasteiger partial charge in [-0.2, -0.15) is 5.10 Å². The number of ether oxygens (including phenoxy) is 1. The minimum Gasteiger partial charge on any atom is -0.484 e. The Morgan fingerprint density at radius 2 is 1.66 bits per heavy atom. The lowest BCUT2D eigenvalue weighted by atomic mass is 10.2. The van der Waals surface area contributed by atoms with Crippen LogP contribution < -0.4 is 15.5 Å². The van der Waals surface area contributed by atoms with Crippen molar-refractivity contribution >= 4 is 45.3 Å². The smallest absolute Gasteiger partial charge is 0.271 e. The summed E-state index contributed by atoms with van der Waals surface area (Å²) in [5.41, 5.74) is 3.87. The average Bonchev–Trinajstić information content (AvgIpc) is 2.80. The van der Waals surface area contributed by atoms with Gasteiger partial charge >= 0.3 is 0 Å². The third kappa shape index (κ3) is 6.74. The lowest BCUT2D eigenvalue weighted by Gasteiger charge is -2.08. The third-order valence-electron chi connectivity index (χ3n) is 4.10. The zero-order valence-electron chi connectivity index (χ0n) is 16.5. The molecule has 0 aliphatic heterocycles. The van der Waals surface area contributed by atoms with Gasteiger partial charge in [0.05, 0.1) is 11.1 Å². The van der Waals surface area contributed by atoms with E-state index < -0.39 is 10.8 Å². The maximum atomic E-state index is 12.0. The maximum Gasteiger partial charge on any atom is 0.271 e. The summed E-state index contributed by atoms with van der Waals surface area (Å²) in [5, 5.41) is 17.2. The van der Waals surface area contributed by atoms with Crippen LogP contribution in [-0.2, 0) is 4.79 Å². The molecule has 0 aromatic heterocycles. The molecule has 10 heteroatoms. The lowest BCUT2D eigenvalue weighted by molar-refractivity contribution is -0.384. The molecule has 0 saturated heterocycles. The zero-order chi connectivity index (χ0) is 22.9. The maximum absolute atomic E-state index is 12.0. The van der Waals surface area contributed by atoms with Gasteiger partial charge in [0.2, 0.25) is 0 Å². The van der Waals surface area contributed by atoms with E-state index in [4.69, 9.17) is 4.74 Å². The van der Waals surface area contributed by atoms with Crippen molar-refractivity contribution in [1.82, 2.24) is 5.43 Å². The van der Waals surface area contributed by atoms with E-state index in [2.05, 4.69) is 31.8 Å². The molecule has 3 aromatic rings. The van der Waals surface area contributed by atoms with Crippen molar-refractivity contribution in [2.75, 3.05) is 11.9 Å². The van der Waals surface area contributed by atoms with Crippen LogP contribution in [0.3, 0.4) is 0 Å². The van der Waals surface area contributed by atoms with Crippen molar-refractivity contribution in [2.24, 2.45) is 5.10 Å². The number of non-ortho nitro benzene ring substituents is 1. The molecule has 3 aromatic carbocycles. The SMILES string of the molecule is O=C(COc1ccc(/C=N\NC(=O)c2ccc([N+](=O)[O-])cc2)cc1)Nc1ccc(Br)cc1. The van der Waals surface area contributed by atoms with Crippen LogP contribution in [0.4, 0.5) is 11.4 Å². The van der Waals surface area contributed by atoms with Gasteiger partial charge in [-0.15, -0.1) is 0 Å². The molecular formula is C22H17BrN4O5. The first-order valence-corrected chi connectivity index (χ1v) is 10.1. The van der Waals surface area contributed by atoms with Crippen molar-refractivity contribution < 1.29 is 19.2 Å². The van der Waals surface area contributed by atoms with E-state index in [0.29, 0.717) is 17.0 Å². The number of benzene rings is 3. The molecule has 2 amide bonds. The fourth-order valence-corrected chi connectivity index (χ4v) is 2.76. The minimum atomic E-state index is -0.540. The molecule has 0 atom stereocenters. The van der Waals surface area contributed by atoms with Gasteiger partial charge in [-0.25, -0.2) is 5.43 Å². The van der Waals surface area contributed by atoms with E-state index >= 15 is 0 Å².